The number of hydrogen-bond acceptors (Lipinski definition) is 7. The van der Waals surface area contributed by atoms with Gasteiger partial charge in [-0.2, -0.15) is 0 Å². The van der Waals surface area contributed by atoms with E-state index < -0.39 is 49.1 Å². The van der Waals surface area contributed by atoms with Crippen LogP contribution in [-0.4, -0.2) is 70.4 Å². The van der Waals surface area contributed by atoms with E-state index in [9.17, 15) is 23.0 Å². The Balaban J connectivity index is 2.79. The Bertz CT molecular complexity index is 325. The minimum atomic E-state index is -5.09. The first-order chi connectivity index (χ1) is 7.26. The molecule has 9 heteroatoms. The van der Waals surface area contributed by atoms with Gasteiger partial charge >= 0.3 is 92.8 Å². The Hall–Kier alpha value is -0.121. The molecule has 0 aromatic heterocycles. The van der Waals surface area contributed by atoms with Crippen LogP contribution >= 0.6 is 0 Å². The maximum atomic E-state index is 10.7. The molecule has 8 nitrogen and oxygen atoms in total. The second-order valence-corrected chi connectivity index (χ2v) is 6.64. The summed E-state index contributed by atoms with van der Waals surface area (Å²) in [6, 6.07) is 0. The van der Waals surface area contributed by atoms with Crippen LogP contribution in [0.2, 0.25) is 5.32 Å². The van der Waals surface area contributed by atoms with Crippen molar-refractivity contribution in [3.05, 3.63) is 0 Å². The van der Waals surface area contributed by atoms with Crippen molar-refractivity contribution < 1.29 is 36.7 Å². The van der Waals surface area contributed by atoms with Crippen LogP contribution in [0.1, 0.15) is 0 Å². The summed E-state index contributed by atoms with van der Waals surface area (Å²) < 4.78 is 39.6. The fourth-order valence-corrected chi connectivity index (χ4v) is 2.91. The fraction of sp³-hybridized carbons (Fsp3) is 1.00. The van der Waals surface area contributed by atoms with Gasteiger partial charge in [-0.05, 0) is 0 Å². The number of methoxy groups -OCH3 is 1. The van der Waals surface area contributed by atoms with Crippen LogP contribution in [0.3, 0.4) is 0 Å². The van der Waals surface area contributed by atoms with Crippen molar-refractivity contribution in [3.63, 3.8) is 0 Å². The quantitative estimate of drug-likeness (QED) is 0.412. The van der Waals surface area contributed by atoms with E-state index >= 15 is 0 Å². The normalized spacial score (nSPS) is 40.9. The number of aliphatic hydroxyl groups is 3. The van der Waals surface area contributed by atoms with Crippen molar-refractivity contribution >= 4 is 13.0 Å². The van der Waals surface area contributed by atoms with Crippen LogP contribution < -0.4 is 0 Å². The molecule has 16 heavy (non-hydrogen) atoms. The number of rotatable bonds is 3. The van der Waals surface area contributed by atoms with Gasteiger partial charge < -0.3 is 0 Å². The molecule has 1 saturated heterocycles. The van der Waals surface area contributed by atoms with E-state index in [1.165, 1.54) is 7.11 Å². The van der Waals surface area contributed by atoms with Gasteiger partial charge in [-0.25, -0.2) is 0 Å². The Kier molecular flexibility index (Phi) is 4.38. The average Bonchev–Trinajstić information content (AvgIpc) is 2.17. The van der Waals surface area contributed by atoms with Crippen LogP contribution in [0, 0.1) is 0 Å². The topological polar surface area (TPSA) is 134 Å². The molecule has 0 unspecified atom stereocenters. The molecule has 0 bridgehead atoms. The second-order valence-electron chi connectivity index (χ2n) is 3.50. The first kappa shape index (κ1) is 13.9. The average molecular weight is 305 g/mol. The Morgan fingerprint density at radius 2 is 1.75 bits per heavy atom. The van der Waals surface area contributed by atoms with Gasteiger partial charge in [-0.1, -0.05) is 0 Å². The van der Waals surface area contributed by atoms with Crippen molar-refractivity contribution in [1.29, 1.82) is 0 Å². The number of hydrogen-bond donors (Lipinski definition) is 4. The fourth-order valence-electron chi connectivity index (χ4n) is 1.46. The van der Waals surface area contributed by atoms with Crippen molar-refractivity contribution in [3.8, 4) is 0 Å². The van der Waals surface area contributed by atoms with Gasteiger partial charge in [-0.3, -0.25) is 0 Å². The third-order valence-corrected chi connectivity index (χ3v) is 3.85. The van der Waals surface area contributed by atoms with Gasteiger partial charge in [0.1, 0.15) is 0 Å². The molecule has 1 aliphatic rings. The van der Waals surface area contributed by atoms with Crippen LogP contribution in [-0.2, 0) is 17.1 Å². The first-order valence-electron chi connectivity index (χ1n) is 4.44. The van der Waals surface area contributed by atoms with Crippen LogP contribution in [0.15, 0.2) is 0 Å². The number of aliphatic hydroxyl groups excluding tert-OH is 3. The molecule has 0 aromatic rings. The molecule has 1 rings (SSSR count). The van der Waals surface area contributed by atoms with E-state index in [2.05, 4.69) is 4.74 Å². The molecule has 0 saturated carbocycles. The molecule has 5 atom stereocenters. The molecule has 1 fully saturated rings. The molecule has 0 radical (unpaired) electrons. The van der Waals surface area contributed by atoms with Crippen LogP contribution in [0.25, 0.3) is 0 Å². The molecule has 96 valence electrons. The summed E-state index contributed by atoms with van der Waals surface area (Å²) in [5.74, 6) is 0. The van der Waals surface area contributed by atoms with Crippen molar-refractivity contribution in [1.82, 2.24) is 0 Å². The van der Waals surface area contributed by atoms with Gasteiger partial charge in [0.2, 0.25) is 0 Å². The summed E-state index contributed by atoms with van der Waals surface area (Å²) in [6.45, 7) is 0. The maximum absolute atomic E-state index is 10.7. The van der Waals surface area contributed by atoms with Gasteiger partial charge in [-0.15, -0.1) is 0 Å². The Morgan fingerprint density at radius 3 is 2.19 bits per heavy atom. The molecule has 1 aliphatic heterocycles. The molecule has 4 N–H and O–H groups in total. The Morgan fingerprint density at radius 1 is 1.19 bits per heavy atom. The van der Waals surface area contributed by atoms with Crippen LogP contribution in [0.5, 0.6) is 0 Å². The van der Waals surface area contributed by atoms with Crippen molar-refractivity contribution in [2.24, 2.45) is 0 Å². The van der Waals surface area contributed by atoms with Gasteiger partial charge in [0.05, 0.1) is 0 Å². The van der Waals surface area contributed by atoms with Crippen molar-refractivity contribution in [2.75, 3.05) is 7.11 Å². The molecule has 0 amide bonds. The molecule has 1 heterocycles. The predicted molar refractivity (Wildman–Crippen MR) is 47.8 cm³/mol. The summed E-state index contributed by atoms with van der Waals surface area (Å²) in [5, 5.41) is 27.4. The molecule has 0 spiro atoms. The van der Waals surface area contributed by atoms with E-state index in [-0.39, 0.29) is 0 Å². The van der Waals surface area contributed by atoms with Crippen molar-refractivity contribution in [2.45, 2.75) is 36.0 Å². The Labute approximate surface area is 93.4 Å². The second kappa shape index (κ2) is 5.03. The zero-order valence-corrected chi connectivity index (χ0v) is 10.1. The first-order valence-corrected chi connectivity index (χ1v) is 7.81. The third kappa shape index (κ3) is 3.19. The van der Waals surface area contributed by atoms with Crippen LogP contribution in [0.4, 0.5) is 0 Å². The van der Waals surface area contributed by atoms with E-state index in [4.69, 9.17) is 8.93 Å². The number of ether oxygens (including phenoxy) is 2. The summed E-state index contributed by atoms with van der Waals surface area (Å²) >= 11 is -5.09. The van der Waals surface area contributed by atoms with Gasteiger partial charge in [0.15, 0.2) is 0 Å². The zero-order valence-electron chi connectivity index (χ0n) is 8.42. The molecular formula is C7H14O8Se. The predicted octanol–water partition coefficient (Wildman–Crippen LogP) is -2.77. The van der Waals surface area contributed by atoms with E-state index in [1.807, 2.05) is 0 Å². The van der Waals surface area contributed by atoms with E-state index in [1.54, 1.807) is 0 Å². The van der Waals surface area contributed by atoms with Gasteiger partial charge in [0.25, 0.3) is 0 Å². The van der Waals surface area contributed by atoms with E-state index in [0.717, 1.165) is 0 Å². The summed E-state index contributed by atoms with van der Waals surface area (Å²) in [5.41, 5.74) is 0. The molecule has 0 aromatic carbocycles. The van der Waals surface area contributed by atoms with E-state index in [0.29, 0.717) is 0 Å². The molecule has 0 aliphatic carbocycles. The summed E-state index contributed by atoms with van der Waals surface area (Å²) in [4.78, 5) is 0. The third-order valence-electron chi connectivity index (χ3n) is 2.28. The summed E-state index contributed by atoms with van der Waals surface area (Å²) in [6.07, 6.45) is -7.26. The summed E-state index contributed by atoms with van der Waals surface area (Å²) in [7, 11) is 1.19. The minimum absolute atomic E-state index is 0.818. The van der Waals surface area contributed by atoms with Gasteiger partial charge in [0, 0.05) is 0 Å². The molecular weight excluding hydrogens is 291 g/mol. The zero-order chi connectivity index (χ0) is 12.5. The monoisotopic (exact) mass is 306 g/mol. The SMILES string of the molecule is CO[C@H]1O[C@H](C[Se](=O)(=O)O)[C@@H](O)[C@H](O)[C@@H]1O. The standard InChI is InChI=1S/C7H14O8Se/c1-14-7-6(10)5(9)4(8)3(15-7)2-16(11,12)13/h3-10H,2H2,1H3,(H,11,12,13)/t3-,4-,5+,6+,7+/m1/s1.